The molecular formula is C22H26N2O7. The van der Waals surface area contributed by atoms with Gasteiger partial charge in [-0.15, -0.1) is 0 Å². The molecule has 3 aliphatic rings. The molecular weight excluding hydrogens is 404 g/mol. The van der Waals surface area contributed by atoms with Gasteiger partial charge in [-0.2, -0.15) is 0 Å². The van der Waals surface area contributed by atoms with Crippen LogP contribution in [0.4, 0.5) is 0 Å². The van der Waals surface area contributed by atoms with Crippen molar-refractivity contribution in [2.75, 3.05) is 6.61 Å². The van der Waals surface area contributed by atoms with Crippen molar-refractivity contribution in [3.8, 4) is 0 Å². The molecule has 0 unspecified atom stereocenters. The Balaban J connectivity index is 1.38. The van der Waals surface area contributed by atoms with Gasteiger partial charge in [0, 0.05) is 25.1 Å². The van der Waals surface area contributed by atoms with E-state index >= 15 is 0 Å². The highest BCUT2D eigenvalue weighted by Crippen LogP contribution is 2.48. The number of benzene rings is 1. The van der Waals surface area contributed by atoms with Crippen LogP contribution in [0.25, 0.3) is 0 Å². The molecule has 1 aliphatic carbocycles. The molecule has 166 valence electrons. The second-order valence-electron chi connectivity index (χ2n) is 8.27. The number of ether oxygens (including phenoxy) is 4. The van der Waals surface area contributed by atoms with Crippen LogP contribution in [-0.4, -0.2) is 44.9 Å². The first-order valence-electron chi connectivity index (χ1n) is 10.7. The van der Waals surface area contributed by atoms with Gasteiger partial charge < -0.3 is 24.1 Å². The average Bonchev–Trinajstić information content (AvgIpc) is 3.48. The lowest BCUT2D eigenvalue weighted by molar-refractivity contribution is -0.216. The van der Waals surface area contributed by atoms with Crippen LogP contribution < -0.4 is 11.2 Å². The maximum Gasteiger partial charge on any atom is 0.335 e. The molecule has 3 heterocycles. The molecule has 9 heteroatoms. The topological polar surface area (TPSA) is 101 Å². The quantitative estimate of drug-likeness (QED) is 0.733. The lowest BCUT2D eigenvalue weighted by Crippen LogP contribution is -2.43. The van der Waals surface area contributed by atoms with E-state index in [1.165, 1.54) is 16.8 Å². The molecule has 1 spiro atoms. The Bertz CT molecular complexity index is 1030. The number of fused-ring (bicyclic) bond motifs is 1. The lowest BCUT2D eigenvalue weighted by atomic mass is 10.1. The molecule has 31 heavy (non-hydrogen) atoms. The molecule has 2 aromatic rings. The molecule has 5 rings (SSSR count). The number of aliphatic hydroxyl groups is 1. The summed E-state index contributed by atoms with van der Waals surface area (Å²) in [5, 5.41) is 9.78. The average molecular weight is 430 g/mol. The van der Waals surface area contributed by atoms with Crippen molar-refractivity contribution in [1.82, 2.24) is 9.13 Å². The Labute approximate surface area is 178 Å². The van der Waals surface area contributed by atoms with Gasteiger partial charge in [0.05, 0.1) is 13.2 Å². The molecule has 1 aromatic carbocycles. The van der Waals surface area contributed by atoms with Gasteiger partial charge >= 0.3 is 5.69 Å². The number of aromatic nitrogens is 2. The fourth-order valence-electron chi connectivity index (χ4n) is 4.69. The fraction of sp³-hybridized carbons (Fsp3) is 0.545. The van der Waals surface area contributed by atoms with E-state index in [1.807, 2.05) is 30.3 Å². The predicted octanol–water partition coefficient (Wildman–Crippen LogP) is 1.13. The van der Waals surface area contributed by atoms with E-state index in [1.54, 1.807) is 0 Å². The second-order valence-corrected chi connectivity index (χ2v) is 8.27. The van der Waals surface area contributed by atoms with E-state index in [2.05, 4.69) is 0 Å². The van der Waals surface area contributed by atoms with Crippen molar-refractivity contribution in [3.63, 3.8) is 0 Å². The van der Waals surface area contributed by atoms with Crippen molar-refractivity contribution in [2.24, 2.45) is 0 Å². The van der Waals surface area contributed by atoms with Crippen molar-refractivity contribution in [2.45, 2.75) is 69.3 Å². The van der Waals surface area contributed by atoms with E-state index in [-0.39, 0.29) is 19.9 Å². The predicted molar refractivity (Wildman–Crippen MR) is 108 cm³/mol. The van der Waals surface area contributed by atoms with Crippen LogP contribution in [0.15, 0.2) is 52.2 Å². The van der Waals surface area contributed by atoms with Crippen molar-refractivity contribution >= 4 is 0 Å². The molecule has 3 fully saturated rings. The van der Waals surface area contributed by atoms with Crippen molar-refractivity contribution in [1.29, 1.82) is 0 Å². The summed E-state index contributed by atoms with van der Waals surface area (Å²) >= 11 is 0. The number of rotatable bonds is 6. The summed E-state index contributed by atoms with van der Waals surface area (Å²) in [7, 11) is 0. The molecule has 0 amide bonds. The second kappa shape index (κ2) is 8.33. The van der Waals surface area contributed by atoms with E-state index in [0.29, 0.717) is 0 Å². The largest absolute Gasteiger partial charge is 0.394 e. The third kappa shape index (κ3) is 3.77. The SMILES string of the molecule is O=c1ccn([C@@H]2O[C@H](CO)[C@H]3OC4(CCCC4)O[C@H]32)c(=O)n1COCc1ccccc1. The first-order valence-corrected chi connectivity index (χ1v) is 10.7. The molecule has 1 aromatic heterocycles. The summed E-state index contributed by atoms with van der Waals surface area (Å²) in [6.45, 7) is -0.150. The smallest absolute Gasteiger partial charge is 0.335 e. The van der Waals surface area contributed by atoms with Gasteiger partial charge in [0.15, 0.2) is 12.0 Å². The molecule has 0 radical (unpaired) electrons. The lowest BCUT2D eigenvalue weighted by Gasteiger charge is -2.27. The first-order chi connectivity index (χ1) is 15.1. The molecule has 0 bridgehead atoms. The molecule has 2 aliphatic heterocycles. The Hall–Kier alpha value is -2.30. The highest BCUT2D eigenvalue weighted by atomic mass is 16.8. The van der Waals surface area contributed by atoms with Crippen LogP contribution >= 0.6 is 0 Å². The van der Waals surface area contributed by atoms with E-state index in [4.69, 9.17) is 18.9 Å². The zero-order valence-corrected chi connectivity index (χ0v) is 17.1. The Morgan fingerprint density at radius 3 is 2.55 bits per heavy atom. The number of aliphatic hydroxyl groups excluding tert-OH is 1. The van der Waals surface area contributed by atoms with Crippen molar-refractivity contribution < 1.29 is 24.1 Å². The van der Waals surface area contributed by atoms with Gasteiger partial charge in [0.1, 0.15) is 25.0 Å². The van der Waals surface area contributed by atoms with Gasteiger partial charge in [-0.1, -0.05) is 30.3 Å². The summed E-state index contributed by atoms with van der Waals surface area (Å²) in [6, 6.07) is 10.8. The molecule has 1 N–H and O–H groups in total. The number of hydrogen-bond acceptors (Lipinski definition) is 7. The summed E-state index contributed by atoms with van der Waals surface area (Å²) in [5.41, 5.74) is -0.0739. The molecule has 9 nitrogen and oxygen atoms in total. The molecule has 2 saturated heterocycles. The van der Waals surface area contributed by atoms with Crippen LogP contribution in [0.3, 0.4) is 0 Å². The Morgan fingerprint density at radius 1 is 1.06 bits per heavy atom. The zero-order chi connectivity index (χ0) is 21.4. The minimum absolute atomic E-state index is 0.182. The monoisotopic (exact) mass is 430 g/mol. The summed E-state index contributed by atoms with van der Waals surface area (Å²) in [5.74, 6) is -0.665. The number of nitrogens with zero attached hydrogens (tertiary/aromatic N) is 2. The van der Waals surface area contributed by atoms with Crippen LogP contribution in [0.5, 0.6) is 0 Å². The summed E-state index contributed by atoms with van der Waals surface area (Å²) < 4.78 is 26.3. The van der Waals surface area contributed by atoms with E-state index in [0.717, 1.165) is 35.8 Å². The van der Waals surface area contributed by atoms with Crippen LogP contribution in [0, 0.1) is 0 Å². The zero-order valence-electron chi connectivity index (χ0n) is 17.1. The minimum atomic E-state index is -0.796. The van der Waals surface area contributed by atoms with Crippen LogP contribution in [0.2, 0.25) is 0 Å². The maximum atomic E-state index is 13.1. The van der Waals surface area contributed by atoms with Gasteiger partial charge in [0.25, 0.3) is 5.56 Å². The van der Waals surface area contributed by atoms with Crippen LogP contribution in [0.1, 0.15) is 37.5 Å². The third-order valence-corrected chi connectivity index (χ3v) is 6.23. The van der Waals surface area contributed by atoms with E-state index < -0.39 is 41.6 Å². The number of hydrogen-bond donors (Lipinski definition) is 1. The van der Waals surface area contributed by atoms with Crippen molar-refractivity contribution in [3.05, 3.63) is 69.0 Å². The molecule has 4 atom stereocenters. The highest BCUT2D eigenvalue weighted by Gasteiger charge is 2.59. The maximum absolute atomic E-state index is 13.1. The molecule has 1 saturated carbocycles. The summed E-state index contributed by atoms with van der Waals surface area (Å²) in [6.07, 6.45) is 2.60. The van der Waals surface area contributed by atoms with Gasteiger partial charge in [-0.3, -0.25) is 9.36 Å². The summed E-state index contributed by atoms with van der Waals surface area (Å²) in [4.78, 5) is 25.5. The van der Waals surface area contributed by atoms with Crippen LogP contribution in [-0.2, 0) is 32.3 Å². The van der Waals surface area contributed by atoms with Gasteiger partial charge in [-0.05, 0) is 18.4 Å². The highest BCUT2D eigenvalue weighted by molar-refractivity contribution is 5.13. The standard InChI is InChI=1S/C22H26N2O7/c25-12-16-18-19(31-22(30-18)9-4-5-10-22)20(29-16)23-11-8-17(26)24(21(23)27)14-28-13-15-6-2-1-3-7-15/h1-3,6-8,11,16,18-20,25H,4-5,9-10,12-14H2/t16-,18-,19-,20-/m1/s1. The Kier molecular flexibility index (Phi) is 5.53. The Morgan fingerprint density at radius 2 is 1.81 bits per heavy atom. The first kappa shape index (κ1) is 20.6. The van der Waals surface area contributed by atoms with E-state index in [9.17, 15) is 14.7 Å². The van der Waals surface area contributed by atoms with Gasteiger partial charge in [0.2, 0.25) is 0 Å². The fourth-order valence-corrected chi connectivity index (χ4v) is 4.69. The minimum Gasteiger partial charge on any atom is -0.394 e. The van der Waals surface area contributed by atoms with Gasteiger partial charge in [-0.25, -0.2) is 9.36 Å². The third-order valence-electron chi connectivity index (χ3n) is 6.23. The normalized spacial score (nSPS) is 28.9.